The zero-order valence-corrected chi connectivity index (χ0v) is 22.1. The first-order valence-electron chi connectivity index (χ1n) is 11.7. The van der Waals surface area contributed by atoms with Gasteiger partial charge in [-0.3, -0.25) is 10.1 Å². The van der Waals surface area contributed by atoms with Gasteiger partial charge in [0.15, 0.2) is 11.3 Å². The van der Waals surface area contributed by atoms with E-state index in [2.05, 4.69) is 25.5 Å². The number of rotatable bonds is 6. The molecular weight excluding hydrogens is 554 g/mol. The molecule has 0 saturated heterocycles. The Bertz CT molecular complexity index is 1680. The number of aromatic nitrogens is 6. The summed E-state index contributed by atoms with van der Waals surface area (Å²) in [6.45, 7) is 4.33. The second-order valence-electron chi connectivity index (χ2n) is 9.06. The van der Waals surface area contributed by atoms with E-state index < -0.39 is 17.8 Å². The van der Waals surface area contributed by atoms with Crippen molar-refractivity contribution in [3.63, 3.8) is 0 Å². The fraction of sp³-hybridized carbons (Fsp3) is 0.192. The fourth-order valence-electron chi connectivity index (χ4n) is 3.93. The highest BCUT2D eigenvalue weighted by atomic mass is 35.5. The summed E-state index contributed by atoms with van der Waals surface area (Å²) in [6.07, 6.45) is -2.31. The van der Waals surface area contributed by atoms with Crippen LogP contribution in [0, 0.1) is 0 Å². The third-order valence-corrected chi connectivity index (χ3v) is 6.71. The number of hydrogen-bond acceptors (Lipinski definition) is 5. The molecule has 0 spiro atoms. The van der Waals surface area contributed by atoms with Gasteiger partial charge in [-0.2, -0.15) is 18.3 Å². The minimum absolute atomic E-state index is 0.0455. The van der Waals surface area contributed by atoms with Gasteiger partial charge in [0.05, 0.1) is 28.5 Å². The van der Waals surface area contributed by atoms with E-state index >= 15 is 0 Å². The van der Waals surface area contributed by atoms with Gasteiger partial charge < -0.3 is 0 Å². The van der Waals surface area contributed by atoms with E-state index in [1.807, 2.05) is 26.0 Å². The summed E-state index contributed by atoms with van der Waals surface area (Å²) in [4.78, 5) is 21.5. The molecule has 0 aliphatic rings. The Labute approximate surface area is 230 Å². The number of anilines is 1. The van der Waals surface area contributed by atoms with Crippen molar-refractivity contribution in [1.82, 2.24) is 29.4 Å². The Hall–Kier alpha value is -3.96. The molecule has 1 amide bonds. The Morgan fingerprint density at radius 3 is 2.46 bits per heavy atom. The molecule has 0 fully saturated rings. The number of benzene rings is 2. The van der Waals surface area contributed by atoms with Crippen LogP contribution in [0.2, 0.25) is 10.0 Å². The molecule has 0 bridgehead atoms. The normalized spacial score (nSPS) is 11.9. The van der Waals surface area contributed by atoms with Crippen molar-refractivity contribution in [3.05, 3.63) is 93.5 Å². The number of fused-ring (bicyclic) bond motifs is 1. The third-order valence-electron chi connectivity index (χ3n) is 5.97. The molecule has 8 nitrogen and oxygen atoms in total. The van der Waals surface area contributed by atoms with E-state index in [1.165, 1.54) is 11.0 Å². The lowest BCUT2D eigenvalue weighted by atomic mass is 10.0. The number of nitrogens with zero attached hydrogens (tertiary/aromatic N) is 6. The molecule has 39 heavy (non-hydrogen) atoms. The summed E-state index contributed by atoms with van der Waals surface area (Å²) >= 11 is 12.0. The number of amides is 1. The molecule has 0 atom stereocenters. The molecule has 0 aliphatic carbocycles. The fourth-order valence-corrected chi connectivity index (χ4v) is 4.25. The summed E-state index contributed by atoms with van der Waals surface area (Å²) in [7, 11) is 0. The van der Waals surface area contributed by atoms with Gasteiger partial charge in [0.25, 0.3) is 5.91 Å². The maximum Gasteiger partial charge on any atom is 0.433 e. The average molecular weight is 574 g/mol. The van der Waals surface area contributed by atoms with E-state index in [4.69, 9.17) is 23.2 Å². The van der Waals surface area contributed by atoms with Gasteiger partial charge in [-0.25, -0.2) is 19.2 Å². The van der Waals surface area contributed by atoms with Crippen LogP contribution in [0.5, 0.6) is 0 Å². The molecule has 3 heterocycles. The van der Waals surface area contributed by atoms with Crippen molar-refractivity contribution >= 4 is 40.7 Å². The van der Waals surface area contributed by atoms with Gasteiger partial charge in [0.1, 0.15) is 11.9 Å². The van der Waals surface area contributed by atoms with Crippen LogP contribution < -0.4 is 5.32 Å². The smallest absolute Gasteiger partial charge is 0.289 e. The molecule has 3 aromatic heterocycles. The van der Waals surface area contributed by atoms with Crippen LogP contribution >= 0.6 is 23.2 Å². The molecular formula is C26H20Cl2F3N7O. The highest BCUT2D eigenvalue weighted by Crippen LogP contribution is 2.33. The molecule has 5 aromatic rings. The van der Waals surface area contributed by atoms with Crippen LogP contribution in [0.1, 0.15) is 46.9 Å². The number of carbonyl (C=O) groups is 1. The Morgan fingerprint density at radius 2 is 1.79 bits per heavy atom. The van der Waals surface area contributed by atoms with Gasteiger partial charge in [0.2, 0.25) is 5.95 Å². The zero-order chi connectivity index (χ0) is 27.9. The Balaban J connectivity index is 1.45. The van der Waals surface area contributed by atoms with Crippen LogP contribution in [-0.2, 0) is 12.7 Å². The number of halogens is 5. The number of nitrogens with one attached hydrogen (secondary N) is 1. The van der Waals surface area contributed by atoms with E-state index in [0.717, 1.165) is 23.4 Å². The van der Waals surface area contributed by atoms with Gasteiger partial charge >= 0.3 is 6.18 Å². The standard InChI is InChI=1S/C26H20Cl2F3N7O/c1-14(2)16-4-6-17(7-5-16)21-10-22(26(29,30)31)38-23(34-21)18(11-33-38)24(39)35-25-32-13-37(36-25)12-15-3-8-19(27)20(28)9-15/h3-11,13-14H,12H2,1-2H3,(H,35,36,39). The lowest BCUT2D eigenvalue weighted by Crippen LogP contribution is -2.16. The van der Waals surface area contributed by atoms with Gasteiger partial charge in [-0.05, 0) is 35.2 Å². The van der Waals surface area contributed by atoms with Crippen LogP contribution in [0.15, 0.2) is 61.1 Å². The lowest BCUT2D eigenvalue weighted by molar-refractivity contribution is -0.142. The minimum atomic E-state index is -4.74. The first-order chi connectivity index (χ1) is 18.5. The maximum atomic E-state index is 13.9. The third kappa shape index (κ3) is 5.59. The molecule has 1 N–H and O–H groups in total. The summed E-state index contributed by atoms with van der Waals surface area (Å²) in [5, 5.41) is 11.3. The second-order valence-corrected chi connectivity index (χ2v) is 9.88. The van der Waals surface area contributed by atoms with Crippen molar-refractivity contribution in [2.24, 2.45) is 0 Å². The largest absolute Gasteiger partial charge is 0.433 e. The predicted octanol–water partition coefficient (Wildman–Crippen LogP) is 6.74. The quantitative estimate of drug-likeness (QED) is 0.243. The molecule has 200 valence electrons. The molecule has 0 saturated carbocycles. The molecule has 0 aliphatic heterocycles. The van der Waals surface area contributed by atoms with E-state index in [1.54, 1.807) is 30.3 Å². The zero-order valence-electron chi connectivity index (χ0n) is 20.5. The summed E-state index contributed by atoms with van der Waals surface area (Å²) < 4.78 is 43.9. The summed E-state index contributed by atoms with van der Waals surface area (Å²) in [6, 6.07) is 13.1. The molecule has 13 heteroatoms. The topological polar surface area (TPSA) is 90.0 Å². The van der Waals surface area contributed by atoms with Crippen LogP contribution in [0.4, 0.5) is 19.1 Å². The van der Waals surface area contributed by atoms with Crippen molar-refractivity contribution in [1.29, 1.82) is 0 Å². The van der Waals surface area contributed by atoms with Gasteiger partial charge in [-0.1, -0.05) is 67.4 Å². The predicted molar refractivity (Wildman–Crippen MR) is 141 cm³/mol. The first-order valence-corrected chi connectivity index (χ1v) is 12.5. The molecule has 5 rings (SSSR count). The van der Waals surface area contributed by atoms with E-state index in [0.29, 0.717) is 26.7 Å². The highest BCUT2D eigenvalue weighted by Gasteiger charge is 2.36. The van der Waals surface area contributed by atoms with Crippen molar-refractivity contribution < 1.29 is 18.0 Å². The van der Waals surface area contributed by atoms with Gasteiger partial charge in [-0.15, -0.1) is 5.10 Å². The first kappa shape index (κ1) is 26.6. The van der Waals surface area contributed by atoms with Crippen molar-refractivity contribution in [2.75, 3.05) is 5.32 Å². The average Bonchev–Trinajstić information content (AvgIpc) is 3.51. The number of hydrogen-bond donors (Lipinski definition) is 1. The van der Waals surface area contributed by atoms with Crippen molar-refractivity contribution in [3.8, 4) is 11.3 Å². The molecule has 0 unspecified atom stereocenters. The monoisotopic (exact) mass is 573 g/mol. The van der Waals surface area contributed by atoms with Crippen LogP contribution in [0.3, 0.4) is 0 Å². The summed E-state index contributed by atoms with van der Waals surface area (Å²) in [5.74, 6) is -0.549. The van der Waals surface area contributed by atoms with Crippen LogP contribution in [-0.4, -0.2) is 35.3 Å². The Morgan fingerprint density at radius 1 is 1.05 bits per heavy atom. The maximum absolute atomic E-state index is 13.9. The lowest BCUT2D eigenvalue weighted by Gasteiger charge is -2.12. The van der Waals surface area contributed by atoms with Crippen LogP contribution in [0.25, 0.3) is 16.9 Å². The van der Waals surface area contributed by atoms with E-state index in [-0.39, 0.29) is 28.8 Å². The number of carbonyl (C=O) groups excluding carboxylic acids is 1. The van der Waals surface area contributed by atoms with E-state index in [9.17, 15) is 18.0 Å². The highest BCUT2D eigenvalue weighted by molar-refractivity contribution is 6.42. The SMILES string of the molecule is CC(C)c1ccc(-c2cc(C(F)(F)F)n3ncc(C(=O)Nc4ncn(Cc5ccc(Cl)c(Cl)c5)n4)c3n2)cc1. The summed E-state index contributed by atoms with van der Waals surface area (Å²) in [5.41, 5.74) is 0.895. The minimum Gasteiger partial charge on any atom is -0.289 e. The molecule has 2 aromatic carbocycles. The number of alkyl halides is 3. The second kappa shape index (κ2) is 10.3. The molecule has 0 radical (unpaired) electrons. The van der Waals surface area contributed by atoms with Gasteiger partial charge in [0, 0.05) is 5.56 Å². The van der Waals surface area contributed by atoms with Crippen molar-refractivity contribution in [2.45, 2.75) is 32.5 Å². The Kier molecular flexibility index (Phi) is 7.04.